The molecule has 0 radical (unpaired) electrons. The molecule has 1 aromatic rings. The average molecular weight is 358 g/mol. The molecule has 1 fully saturated rings. The summed E-state index contributed by atoms with van der Waals surface area (Å²) < 4.78 is 17.5. The maximum absolute atomic E-state index is 5.75. The summed E-state index contributed by atoms with van der Waals surface area (Å²) in [5.41, 5.74) is 1.19. The van der Waals surface area contributed by atoms with Crippen molar-refractivity contribution in [3.63, 3.8) is 0 Å². The Kier molecular flexibility index (Phi) is 6.80. The minimum Gasteiger partial charge on any atom is -0.493 e. The maximum Gasteiger partial charge on any atom is 0.175 e. The van der Waals surface area contributed by atoms with Gasteiger partial charge in [-0.25, -0.2) is 0 Å². The number of nitrogens with one attached hydrogen (secondary N) is 1. The van der Waals surface area contributed by atoms with Gasteiger partial charge in [0.1, 0.15) is 0 Å². The van der Waals surface area contributed by atoms with Gasteiger partial charge in [0.2, 0.25) is 0 Å². The van der Waals surface area contributed by atoms with E-state index in [-0.39, 0.29) is 0 Å². The van der Waals surface area contributed by atoms with Crippen LogP contribution in [0.5, 0.6) is 11.5 Å². The van der Waals surface area contributed by atoms with Crippen LogP contribution in [-0.2, 0) is 11.3 Å². The first-order valence-corrected chi connectivity index (χ1v) is 8.34. The lowest BCUT2D eigenvalue weighted by Crippen LogP contribution is -2.34. The lowest BCUT2D eigenvalue weighted by molar-refractivity contribution is 0.0776. The third-order valence-electron chi connectivity index (χ3n) is 3.56. The van der Waals surface area contributed by atoms with Crippen molar-refractivity contribution in [1.82, 2.24) is 5.32 Å². The monoisotopic (exact) mass is 357 g/mol. The second kappa shape index (κ2) is 8.61. The number of benzene rings is 1. The highest BCUT2D eigenvalue weighted by Crippen LogP contribution is 2.36. The molecule has 1 N–H and O–H groups in total. The van der Waals surface area contributed by atoms with Gasteiger partial charge in [-0.05, 0) is 52.9 Å². The molecule has 0 aromatic heterocycles. The van der Waals surface area contributed by atoms with E-state index in [2.05, 4.69) is 34.2 Å². The maximum atomic E-state index is 5.75. The van der Waals surface area contributed by atoms with Gasteiger partial charge < -0.3 is 19.5 Å². The zero-order valence-corrected chi connectivity index (χ0v) is 14.4. The van der Waals surface area contributed by atoms with Crippen LogP contribution in [0.2, 0.25) is 0 Å². The Bertz CT molecular complexity index is 447. The van der Waals surface area contributed by atoms with Crippen molar-refractivity contribution in [2.45, 2.75) is 38.8 Å². The highest BCUT2D eigenvalue weighted by Gasteiger charge is 2.15. The van der Waals surface area contributed by atoms with Crippen LogP contribution in [0.25, 0.3) is 0 Å². The summed E-state index contributed by atoms with van der Waals surface area (Å²) in [6.45, 7) is 5.32. The zero-order chi connectivity index (χ0) is 15.1. The van der Waals surface area contributed by atoms with Crippen molar-refractivity contribution in [1.29, 1.82) is 0 Å². The zero-order valence-electron chi connectivity index (χ0n) is 12.8. The Morgan fingerprint density at radius 3 is 2.76 bits per heavy atom. The number of hydrogen-bond acceptors (Lipinski definition) is 4. The lowest BCUT2D eigenvalue weighted by Gasteiger charge is -2.23. The van der Waals surface area contributed by atoms with Crippen LogP contribution in [0, 0.1) is 0 Å². The molecule has 0 bridgehead atoms. The van der Waals surface area contributed by atoms with E-state index in [9.17, 15) is 0 Å². The molecule has 21 heavy (non-hydrogen) atoms. The minimum atomic E-state index is 0.541. The van der Waals surface area contributed by atoms with Crippen molar-refractivity contribution in [3.05, 3.63) is 22.2 Å². The summed E-state index contributed by atoms with van der Waals surface area (Å²) in [6.07, 6.45) is 3.13. The molecule has 1 aliphatic heterocycles. The minimum absolute atomic E-state index is 0.541. The lowest BCUT2D eigenvalue weighted by atomic mass is 10.1. The summed E-state index contributed by atoms with van der Waals surface area (Å²) in [4.78, 5) is 0. The molecule has 0 aliphatic carbocycles. The molecule has 0 unspecified atom stereocenters. The van der Waals surface area contributed by atoms with Crippen molar-refractivity contribution in [3.8, 4) is 11.5 Å². The fraction of sp³-hybridized carbons (Fsp3) is 0.625. The van der Waals surface area contributed by atoms with Gasteiger partial charge in [-0.1, -0.05) is 6.92 Å². The molecule has 1 aliphatic rings. The molecule has 4 nitrogen and oxygen atoms in total. The third-order valence-corrected chi connectivity index (χ3v) is 4.14. The van der Waals surface area contributed by atoms with Crippen LogP contribution < -0.4 is 14.8 Å². The van der Waals surface area contributed by atoms with Gasteiger partial charge in [0.15, 0.2) is 11.5 Å². The van der Waals surface area contributed by atoms with E-state index in [0.717, 1.165) is 55.0 Å². The van der Waals surface area contributed by atoms with Crippen molar-refractivity contribution >= 4 is 15.9 Å². The second-order valence-electron chi connectivity index (χ2n) is 5.23. The van der Waals surface area contributed by atoms with Gasteiger partial charge in [0, 0.05) is 25.8 Å². The first kappa shape index (κ1) is 16.6. The normalized spacial score (nSPS) is 16.0. The molecular formula is C16H24BrNO3. The summed E-state index contributed by atoms with van der Waals surface area (Å²) in [5, 5.41) is 3.58. The molecule has 0 amide bonds. The Balaban J connectivity index is 2.00. The average Bonchev–Trinajstić information content (AvgIpc) is 2.52. The summed E-state index contributed by atoms with van der Waals surface area (Å²) in [7, 11) is 1.68. The van der Waals surface area contributed by atoms with E-state index in [1.807, 2.05) is 6.07 Å². The van der Waals surface area contributed by atoms with Crippen molar-refractivity contribution in [2.24, 2.45) is 0 Å². The predicted molar refractivity (Wildman–Crippen MR) is 87.2 cm³/mol. The molecule has 1 aromatic carbocycles. The van der Waals surface area contributed by atoms with Gasteiger partial charge >= 0.3 is 0 Å². The second-order valence-corrected chi connectivity index (χ2v) is 6.08. The number of ether oxygens (including phenoxy) is 3. The molecule has 2 rings (SSSR count). The van der Waals surface area contributed by atoms with Crippen LogP contribution >= 0.6 is 15.9 Å². The van der Waals surface area contributed by atoms with Gasteiger partial charge in [-0.2, -0.15) is 0 Å². The summed E-state index contributed by atoms with van der Waals surface area (Å²) in [5.74, 6) is 1.57. The van der Waals surface area contributed by atoms with Gasteiger partial charge in [0.05, 0.1) is 18.2 Å². The topological polar surface area (TPSA) is 39.7 Å². The Morgan fingerprint density at radius 1 is 1.33 bits per heavy atom. The Morgan fingerprint density at radius 2 is 2.10 bits per heavy atom. The van der Waals surface area contributed by atoms with Crippen LogP contribution in [0.3, 0.4) is 0 Å². The number of hydrogen-bond donors (Lipinski definition) is 1. The molecule has 5 heteroatoms. The van der Waals surface area contributed by atoms with E-state index >= 15 is 0 Å². The van der Waals surface area contributed by atoms with Gasteiger partial charge in [-0.15, -0.1) is 0 Å². The molecule has 0 atom stereocenters. The van der Waals surface area contributed by atoms with E-state index in [1.165, 1.54) is 5.56 Å². The van der Waals surface area contributed by atoms with Crippen molar-refractivity contribution < 1.29 is 14.2 Å². The first-order chi connectivity index (χ1) is 10.2. The molecule has 118 valence electrons. The van der Waals surface area contributed by atoms with E-state index in [1.54, 1.807) is 7.11 Å². The SMILES string of the molecule is CCCOc1c(Br)cc(CNC2CCOCC2)cc1OC. The van der Waals surface area contributed by atoms with Crippen LogP contribution in [0.15, 0.2) is 16.6 Å². The van der Waals surface area contributed by atoms with E-state index < -0.39 is 0 Å². The largest absolute Gasteiger partial charge is 0.493 e. The first-order valence-electron chi connectivity index (χ1n) is 7.55. The Labute approximate surface area is 135 Å². The fourth-order valence-electron chi connectivity index (χ4n) is 2.38. The number of methoxy groups -OCH3 is 1. The van der Waals surface area contributed by atoms with Crippen LogP contribution in [-0.4, -0.2) is 33.0 Å². The fourth-order valence-corrected chi connectivity index (χ4v) is 2.99. The standard InChI is InChI=1S/C16H24BrNO3/c1-3-6-21-16-14(17)9-12(10-15(16)19-2)11-18-13-4-7-20-8-5-13/h9-10,13,18H,3-8,11H2,1-2H3. The highest BCUT2D eigenvalue weighted by atomic mass is 79.9. The highest BCUT2D eigenvalue weighted by molar-refractivity contribution is 9.10. The quantitative estimate of drug-likeness (QED) is 0.810. The van der Waals surface area contributed by atoms with E-state index in [4.69, 9.17) is 14.2 Å². The molecule has 0 saturated carbocycles. The molecule has 1 saturated heterocycles. The molecule has 1 heterocycles. The molecule has 0 spiro atoms. The van der Waals surface area contributed by atoms with E-state index in [0.29, 0.717) is 12.6 Å². The predicted octanol–water partition coefficient (Wildman–Crippen LogP) is 3.52. The summed E-state index contributed by atoms with van der Waals surface area (Å²) in [6, 6.07) is 4.68. The Hall–Kier alpha value is -0.780. The van der Waals surface area contributed by atoms with Gasteiger partial charge in [-0.3, -0.25) is 0 Å². The van der Waals surface area contributed by atoms with Crippen molar-refractivity contribution in [2.75, 3.05) is 26.9 Å². The number of rotatable bonds is 7. The third kappa shape index (κ3) is 4.87. The number of halogens is 1. The summed E-state index contributed by atoms with van der Waals surface area (Å²) >= 11 is 3.58. The molecular weight excluding hydrogens is 334 g/mol. The van der Waals surface area contributed by atoms with Crippen LogP contribution in [0.1, 0.15) is 31.7 Å². The smallest absolute Gasteiger partial charge is 0.175 e. The van der Waals surface area contributed by atoms with Crippen LogP contribution in [0.4, 0.5) is 0 Å². The van der Waals surface area contributed by atoms with Gasteiger partial charge in [0.25, 0.3) is 0 Å².